The number of sulfonamides is 1. The topological polar surface area (TPSA) is 98.6 Å². The highest BCUT2D eigenvalue weighted by Gasteiger charge is 2.13. The van der Waals surface area contributed by atoms with Gasteiger partial charge in [-0.3, -0.25) is 0 Å². The Morgan fingerprint density at radius 1 is 1.39 bits per heavy atom. The fourth-order valence-corrected chi connectivity index (χ4v) is 2.16. The fraction of sp³-hybridized carbons (Fsp3) is 0.455. The van der Waals surface area contributed by atoms with Gasteiger partial charge in [0, 0.05) is 20.2 Å². The van der Waals surface area contributed by atoms with Gasteiger partial charge in [0.05, 0.1) is 22.9 Å². The molecular formula is C11H19N3O3S. The van der Waals surface area contributed by atoms with Gasteiger partial charge in [0.1, 0.15) is 0 Å². The molecule has 0 saturated carbocycles. The minimum Gasteiger partial charge on any atom is -0.397 e. The fourth-order valence-electron chi connectivity index (χ4n) is 1.62. The lowest BCUT2D eigenvalue weighted by Gasteiger charge is -2.24. The number of nitrogens with zero attached hydrogens (tertiary/aromatic N) is 1. The van der Waals surface area contributed by atoms with E-state index >= 15 is 0 Å². The molecule has 4 N–H and O–H groups in total. The Balaban J connectivity index is 3.13. The van der Waals surface area contributed by atoms with Crippen molar-refractivity contribution in [3.63, 3.8) is 0 Å². The third-order valence-corrected chi connectivity index (χ3v) is 3.53. The van der Waals surface area contributed by atoms with E-state index in [-0.39, 0.29) is 4.90 Å². The highest BCUT2D eigenvalue weighted by atomic mass is 32.2. The molecule has 0 fully saturated rings. The van der Waals surface area contributed by atoms with Crippen molar-refractivity contribution in [2.45, 2.75) is 11.8 Å². The Bertz CT molecular complexity index is 502. The summed E-state index contributed by atoms with van der Waals surface area (Å²) in [5, 5.41) is 5.11. The quantitative estimate of drug-likeness (QED) is 0.730. The average Bonchev–Trinajstić information content (AvgIpc) is 2.30. The molecule has 0 aliphatic carbocycles. The number of hydrogen-bond acceptors (Lipinski definition) is 5. The molecule has 18 heavy (non-hydrogen) atoms. The second kappa shape index (κ2) is 6.03. The zero-order valence-electron chi connectivity index (χ0n) is 10.6. The standard InChI is InChI=1S/C11H19N3O3S/c1-3-14(6-7-17-2)11-8-9(18(13,15)16)4-5-10(11)12/h4-5,8H,3,6-7,12H2,1-2H3,(H2,13,15,16). The van der Waals surface area contributed by atoms with Crippen molar-refractivity contribution in [3.05, 3.63) is 18.2 Å². The number of methoxy groups -OCH3 is 1. The first kappa shape index (κ1) is 14.7. The van der Waals surface area contributed by atoms with Crippen LogP contribution in [0.4, 0.5) is 11.4 Å². The molecule has 0 spiro atoms. The van der Waals surface area contributed by atoms with Crippen LogP contribution >= 0.6 is 0 Å². The molecule has 102 valence electrons. The SMILES string of the molecule is CCN(CCOC)c1cc(S(N)(=O)=O)ccc1N. The molecule has 0 aliphatic heterocycles. The number of hydrogen-bond donors (Lipinski definition) is 2. The van der Waals surface area contributed by atoms with E-state index < -0.39 is 10.0 Å². The lowest BCUT2D eigenvalue weighted by atomic mass is 10.2. The monoisotopic (exact) mass is 273 g/mol. The van der Waals surface area contributed by atoms with E-state index in [1.54, 1.807) is 13.2 Å². The van der Waals surface area contributed by atoms with Gasteiger partial charge in [-0.05, 0) is 25.1 Å². The summed E-state index contributed by atoms with van der Waals surface area (Å²) in [6.45, 7) is 3.82. The Hall–Kier alpha value is -1.31. The van der Waals surface area contributed by atoms with Gasteiger partial charge in [0.25, 0.3) is 0 Å². The van der Waals surface area contributed by atoms with Crippen molar-refractivity contribution in [1.29, 1.82) is 0 Å². The highest BCUT2D eigenvalue weighted by Crippen LogP contribution is 2.26. The van der Waals surface area contributed by atoms with Crippen LogP contribution in [0.3, 0.4) is 0 Å². The van der Waals surface area contributed by atoms with Crippen molar-refractivity contribution < 1.29 is 13.2 Å². The molecule has 7 heteroatoms. The number of benzene rings is 1. The Morgan fingerprint density at radius 2 is 2.06 bits per heavy atom. The largest absolute Gasteiger partial charge is 0.397 e. The molecule has 1 aromatic rings. The molecule has 0 heterocycles. The molecule has 0 saturated heterocycles. The first-order chi connectivity index (χ1) is 8.40. The number of anilines is 2. The zero-order valence-corrected chi connectivity index (χ0v) is 11.4. The summed E-state index contributed by atoms with van der Waals surface area (Å²) in [5.41, 5.74) is 7.03. The van der Waals surface area contributed by atoms with E-state index in [1.807, 2.05) is 11.8 Å². The molecule has 0 unspecified atom stereocenters. The first-order valence-electron chi connectivity index (χ1n) is 5.56. The second-order valence-corrected chi connectivity index (χ2v) is 5.40. The molecule has 0 bridgehead atoms. The third kappa shape index (κ3) is 3.59. The molecule has 0 aliphatic rings. The summed E-state index contributed by atoms with van der Waals surface area (Å²) in [4.78, 5) is 2.00. The summed E-state index contributed by atoms with van der Waals surface area (Å²) in [7, 11) is -2.11. The lowest BCUT2D eigenvalue weighted by Crippen LogP contribution is -2.28. The predicted octanol–water partition coefficient (Wildman–Crippen LogP) is 0.389. The van der Waals surface area contributed by atoms with Crippen molar-refractivity contribution in [3.8, 4) is 0 Å². The van der Waals surface area contributed by atoms with Crippen LogP contribution in [0.5, 0.6) is 0 Å². The first-order valence-corrected chi connectivity index (χ1v) is 7.11. The predicted molar refractivity (Wildman–Crippen MR) is 72.0 cm³/mol. The number of ether oxygens (including phenoxy) is 1. The van der Waals surface area contributed by atoms with E-state index in [0.717, 1.165) is 0 Å². The number of primary sulfonamides is 1. The van der Waals surface area contributed by atoms with Gasteiger partial charge < -0.3 is 15.4 Å². The van der Waals surface area contributed by atoms with Crippen molar-refractivity contribution in [2.24, 2.45) is 5.14 Å². The smallest absolute Gasteiger partial charge is 0.238 e. The van der Waals surface area contributed by atoms with E-state index in [9.17, 15) is 8.42 Å². The molecule has 1 aromatic carbocycles. The Labute approximate surface area is 108 Å². The normalized spacial score (nSPS) is 11.5. The summed E-state index contributed by atoms with van der Waals surface area (Å²) in [6.07, 6.45) is 0. The van der Waals surface area contributed by atoms with Crippen molar-refractivity contribution in [2.75, 3.05) is 37.4 Å². The molecule has 0 aromatic heterocycles. The third-order valence-electron chi connectivity index (χ3n) is 2.62. The maximum absolute atomic E-state index is 11.3. The van der Waals surface area contributed by atoms with Crippen molar-refractivity contribution >= 4 is 21.4 Å². The minimum atomic E-state index is -3.72. The molecule has 6 nitrogen and oxygen atoms in total. The van der Waals surface area contributed by atoms with E-state index in [1.165, 1.54) is 12.1 Å². The Kier molecular flexibility index (Phi) is 4.94. The number of nitrogens with two attached hydrogens (primary N) is 2. The maximum Gasteiger partial charge on any atom is 0.238 e. The molecule has 0 amide bonds. The highest BCUT2D eigenvalue weighted by molar-refractivity contribution is 7.89. The molecular weight excluding hydrogens is 254 g/mol. The number of nitrogen functional groups attached to an aromatic ring is 1. The van der Waals surface area contributed by atoms with Gasteiger partial charge in [0.15, 0.2) is 0 Å². The van der Waals surface area contributed by atoms with Gasteiger partial charge in [-0.25, -0.2) is 13.6 Å². The number of likely N-dealkylation sites (N-methyl/N-ethyl adjacent to an activating group) is 1. The Morgan fingerprint density at radius 3 is 2.56 bits per heavy atom. The zero-order chi connectivity index (χ0) is 13.8. The van der Waals surface area contributed by atoms with E-state index in [0.29, 0.717) is 31.1 Å². The summed E-state index contributed by atoms with van der Waals surface area (Å²) < 4.78 is 27.6. The van der Waals surface area contributed by atoms with Gasteiger partial charge in [-0.15, -0.1) is 0 Å². The van der Waals surface area contributed by atoms with Crippen LogP contribution in [0.15, 0.2) is 23.1 Å². The lowest BCUT2D eigenvalue weighted by molar-refractivity contribution is 0.205. The van der Waals surface area contributed by atoms with Crippen LogP contribution in [0.1, 0.15) is 6.92 Å². The van der Waals surface area contributed by atoms with E-state index in [4.69, 9.17) is 15.6 Å². The molecule has 0 atom stereocenters. The van der Waals surface area contributed by atoms with Crippen LogP contribution in [-0.4, -0.2) is 35.2 Å². The molecule has 1 rings (SSSR count). The number of rotatable bonds is 6. The summed E-state index contributed by atoms with van der Waals surface area (Å²) in [6, 6.07) is 4.44. The maximum atomic E-state index is 11.3. The van der Waals surface area contributed by atoms with Crippen LogP contribution in [0.2, 0.25) is 0 Å². The molecule has 0 radical (unpaired) electrons. The summed E-state index contributed by atoms with van der Waals surface area (Å²) >= 11 is 0. The average molecular weight is 273 g/mol. The van der Waals surface area contributed by atoms with Gasteiger partial charge in [-0.1, -0.05) is 0 Å². The second-order valence-electron chi connectivity index (χ2n) is 3.84. The van der Waals surface area contributed by atoms with Gasteiger partial charge >= 0.3 is 0 Å². The van der Waals surface area contributed by atoms with E-state index in [2.05, 4.69) is 0 Å². The van der Waals surface area contributed by atoms with Gasteiger partial charge in [0.2, 0.25) is 10.0 Å². The minimum absolute atomic E-state index is 0.0579. The van der Waals surface area contributed by atoms with Crippen LogP contribution in [0.25, 0.3) is 0 Å². The summed E-state index contributed by atoms with van der Waals surface area (Å²) in [5.74, 6) is 0. The van der Waals surface area contributed by atoms with Crippen LogP contribution < -0.4 is 15.8 Å². The van der Waals surface area contributed by atoms with Crippen LogP contribution in [-0.2, 0) is 14.8 Å². The van der Waals surface area contributed by atoms with Crippen molar-refractivity contribution in [1.82, 2.24) is 0 Å². The van der Waals surface area contributed by atoms with Crippen LogP contribution in [0, 0.1) is 0 Å². The van der Waals surface area contributed by atoms with Gasteiger partial charge in [-0.2, -0.15) is 0 Å².